The van der Waals surface area contributed by atoms with Gasteiger partial charge in [0.05, 0.1) is 29.1 Å². The lowest BCUT2D eigenvalue weighted by Gasteiger charge is -2.24. The van der Waals surface area contributed by atoms with Gasteiger partial charge in [0.2, 0.25) is 5.91 Å². The van der Waals surface area contributed by atoms with Crippen LogP contribution in [0, 0.1) is 31.1 Å². The van der Waals surface area contributed by atoms with Gasteiger partial charge in [0.1, 0.15) is 11.9 Å². The molecule has 2 aromatic carbocycles. The lowest BCUT2D eigenvalue weighted by atomic mass is 9.87. The largest absolute Gasteiger partial charge is 0.489 e. The Hall–Kier alpha value is -3.43. The van der Waals surface area contributed by atoms with Crippen LogP contribution in [0.25, 0.3) is 0 Å². The second-order valence-electron chi connectivity index (χ2n) is 7.28. The van der Waals surface area contributed by atoms with Crippen molar-refractivity contribution in [3.63, 3.8) is 0 Å². The van der Waals surface area contributed by atoms with Crippen molar-refractivity contribution in [3.8, 4) is 11.8 Å². The first-order valence-electron chi connectivity index (χ1n) is 9.87. The van der Waals surface area contributed by atoms with Crippen molar-refractivity contribution in [2.75, 3.05) is 11.9 Å². The van der Waals surface area contributed by atoms with Crippen molar-refractivity contribution in [3.05, 3.63) is 82.4 Å². The second kappa shape index (κ2) is 10.1. The van der Waals surface area contributed by atoms with Crippen LogP contribution in [0.4, 0.5) is 5.69 Å². The normalized spacial score (nSPS) is 12.5. The quantitative estimate of drug-likeness (QED) is 0.561. The molecule has 1 heterocycles. The molecule has 0 saturated carbocycles. The Bertz CT molecular complexity index is 1110. The lowest BCUT2D eigenvalue weighted by Crippen LogP contribution is -2.29. The van der Waals surface area contributed by atoms with Crippen molar-refractivity contribution < 1.29 is 9.53 Å². The Kier molecular flexibility index (Phi) is 7.22. The molecule has 0 aliphatic rings. The van der Waals surface area contributed by atoms with Gasteiger partial charge >= 0.3 is 0 Å². The Morgan fingerprint density at radius 2 is 1.97 bits per heavy atom. The molecule has 0 fully saturated rings. The second-order valence-corrected chi connectivity index (χ2v) is 7.69. The summed E-state index contributed by atoms with van der Waals surface area (Å²) in [6.07, 6.45) is 1.65. The summed E-state index contributed by atoms with van der Waals surface area (Å²) >= 11 is 5.99. The summed E-state index contributed by atoms with van der Waals surface area (Å²) < 4.78 is 6.02. The molecule has 0 radical (unpaired) electrons. The van der Waals surface area contributed by atoms with E-state index in [2.05, 4.69) is 15.3 Å². The van der Waals surface area contributed by atoms with Gasteiger partial charge in [-0.2, -0.15) is 5.26 Å². The standard InChI is InChI=1S/C24H23ClN4O2/c1-15(24(30)29-20-9-10-22(25)19(11-20)12-26)21(18-7-5-4-6-8-18)14-31-23-13-27-17(3)28-16(23)2/h4-11,13,15,21H,14H2,1-3H3,(H,29,30)/t15-,21?/m1/s1. The minimum Gasteiger partial charge on any atom is -0.489 e. The Morgan fingerprint density at radius 3 is 2.65 bits per heavy atom. The highest BCUT2D eigenvalue weighted by Crippen LogP contribution is 2.28. The first-order chi connectivity index (χ1) is 14.9. The summed E-state index contributed by atoms with van der Waals surface area (Å²) in [4.78, 5) is 21.6. The summed E-state index contributed by atoms with van der Waals surface area (Å²) in [5, 5.41) is 12.4. The molecule has 0 spiro atoms. The Balaban J connectivity index is 1.79. The number of amides is 1. The maximum atomic E-state index is 13.0. The molecule has 31 heavy (non-hydrogen) atoms. The highest BCUT2D eigenvalue weighted by molar-refractivity contribution is 6.31. The molecule has 0 bridgehead atoms. The number of anilines is 1. The molecule has 0 aliphatic carbocycles. The average Bonchev–Trinajstić information content (AvgIpc) is 2.77. The number of nitrogens with zero attached hydrogens (tertiary/aromatic N) is 3. The highest BCUT2D eigenvalue weighted by atomic mass is 35.5. The molecule has 0 saturated heterocycles. The smallest absolute Gasteiger partial charge is 0.227 e. The number of aromatic nitrogens is 2. The van der Waals surface area contributed by atoms with Crippen LogP contribution in [0.1, 0.15) is 35.5 Å². The van der Waals surface area contributed by atoms with E-state index in [1.54, 1.807) is 24.4 Å². The average molecular weight is 435 g/mol. The fourth-order valence-corrected chi connectivity index (χ4v) is 3.41. The zero-order chi connectivity index (χ0) is 22.4. The number of nitrogens with one attached hydrogen (secondary N) is 1. The number of rotatable bonds is 7. The van der Waals surface area contributed by atoms with Crippen LogP contribution in [-0.2, 0) is 4.79 Å². The van der Waals surface area contributed by atoms with Crippen LogP contribution in [-0.4, -0.2) is 22.5 Å². The van der Waals surface area contributed by atoms with E-state index >= 15 is 0 Å². The van der Waals surface area contributed by atoms with Crippen LogP contribution in [0.5, 0.6) is 5.75 Å². The van der Waals surface area contributed by atoms with Gasteiger partial charge in [0, 0.05) is 17.5 Å². The number of hydrogen-bond donors (Lipinski definition) is 1. The van der Waals surface area contributed by atoms with Gasteiger partial charge in [0.25, 0.3) is 0 Å². The first kappa shape index (κ1) is 22.3. The van der Waals surface area contributed by atoms with Crippen molar-refractivity contribution >= 4 is 23.2 Å². The van der Waals surface area contributed by atoms with Gasteiger partial charge in [0.15, 0.2) is 5.75 Å². The number of hydrogen-bond acceptors (Lipinski definition) is 5. The number of ether oxygens (including phenoxy) is 1. The van der Waals surface area contributed by atoms with Crippen LogP contribution in [0.3, 0.4) is 0 Å². The van der Waals surface area contributed by atoms with Crippen molar-refractivity contribution in [1.29, 1.82) is 5.26 Å². The molecule has 3 rings (SSSR count). The number of carbonyl (C=O) groups is 1. The van der Waals surface area contributed by atoms with Crippen molar-refractivity contribution in [2.24, 2.45) is 5.92 Å². The molecule has 7 heteroatoms. The molecule has 1 amide bonds. The number of aryl methyl sites for hydroxylation is 2. The number of benzene rings is 2. The van der Waals surface area contributed by atoms with Gasteiger partial charge in [-0.05, 0) is 37.6 Å². The van der Waals surface area contributed by atoms with E-state index in [9.17, 15) is 4.79 Å². The zero-order valence-corrected chi connectivity index (χ0v) is 18.3. The van der Waals surface area contributed by atoms with Gasteiger partial charge in [-0.3, -0.25) is 4.79 Å². The van der Waals surface area contributed by atoms with Gasteiger partial charge < -0.3 is 10.1 Å². The van der Waals surface area contributed by atoms with Crippen LogP contribution < -0.4 is 10.1 Å². The van der Waals surface area contributed by atoms with E-state index < -0.39 is 5.92 Å². The maximum Gasteiger partial charge on any atom is 0.227 e. The summed E-state index contributed by atoms with van der Waals surface area (Å²) in [5.41, 5.74) is 2.57. The Labute approximate surface area is 186 Å². The molecule has 1 N–H and O–H groups in total. The summed E-state index contributed by atoms with van der Waals surface area (Å²) in [5.74, 6) is 0.480. The predicted octanol–water partition coefficient (Wildman–Crippen LogP) is 5.06. The highest BCUT2D eigenvalue weighted by Gasteiger charge is 2.27. The minimum absolute atomic E-state index is 0.180. The monoisotopic (exact) mass is 434 g/mol. The third kappa shape index (κ3) is 5.59. The topological polar surface area (TPSA) is 87.9 Å². The molecule has 3 aromatic rings. The van der Waals surface area contributed by atoms with E-state index in [0.717, 1.165) is 11.3 Å². The number of carbonyl (C=O) groups excluding carboxylic acids is 1. The summed E-state index contributed by atoms with van der Waals surface area (Å²) in [7, 11) is 0. The fraction of sp³-hybridized carbons (Fsp3) is 0.250. The molecule has 158 valence electrons. The van der Waals surface area contributed by atoms with E-state index in [-0.39, 0.29) is 18.4 Å². The molecular weight excluding hydrogens is 412 g/mol. The van der Waals surface area contributed by atoms with E-state index in [1.165, 1.54) is 0 Å². The van der Waals surface area contributed by atoms with Crippen molar-refractivity contribution in [1.82, 2.24) is 9.97 Å². The fourth-order valence-electron chi connectivity index (χ4n) is 3.25. The molecular formula is C24H23ClN4O2. The molecule has 1 unspecified atom stereocenters. The van der Waals surface area contributed by atoms with Gasteiger partial charge in [-0.1, -0.05) is 48.9 Å². The zero-order valence-electron chi connectivity index (χ0n) is 17.6. The summed E-state index contributed by atoms with van der Waals surface area (Å²) in [6.45, 7) is 5.83. The van der Waals surface area contributed by atoms with Gasteiger partial charge in [-0.15, -0.1) is 0 Å². The lowest BCUT2D eigenvalue weighted by molar-refractivity contribution is -0.120. The number of nitriles is 1. The third-order valence-electron chi connectivity index (χ3n) is 5.07. The van der Waals surface area contributed by atoms with Crippen molar-refractivity contribution in [2.45, 2.75) is 26.7 Å². The summed E-state index contributed by atoms with van der Waals surface area (Å²) in [6, 6.07) is 16.6. The van der Waals surface area contributed by atoms with Gasteiger partial charge in [-0.25, -0.2) is 9.97 Å². The molecule has 6 nitrogen and oxygen atoms in total. The number of halogens is 1. The van der Waals surface area contributed by atoms with E-state index in [0.29, 0.717) is 27.8 Å². The van der Waals surface area contributed by atoms with E-state index in [1.807, 2.05) is 57.2 Å². The van der Waals surface area contributed by atoms with Crippen LogP contribution in [0.2, 0.25) is 5.02 Å². The SMILES string of the molecule is Cc1ncc(OCC(c2ccccc2)[C@@H](C)C(=O)Nc2ccc(Cl)c(C#N)c2)c(C)n1. The minimum atomic E-state index is -0.407. The van der Waals surface area contributed by atoms with Crippen LogP contribution in [0.15, 0.2) is 54.7 Å². The van der Waals surface area contributed by atoms with E-state index in [4.69, 9.17) is 21.6 Å². The first-order valence-corrected chi connectivity index (χ1v) is 10.3. The Morgan fingerprint density at radius 1 is 1.23 bits per heavy atom. The molecule has 1 aromatic heterocycles. The molecule has 0 aliphatic heterocycles. The third-order valence-corrected chi connectivity index (χ3v) is 5.40. The predicted molar refractivity (Wildman–Crippen MR) is 120 cm³/mol. The maximum absolute atomic E-state index is 13.0. The molecule has 2 atom stereocenters. The van der Waals surface area contributed by atoms with Crippen LogP contribution >= 0.6 is 11.6 Å².